The van der Waals surface area contributed by atoms with Crippen LogP contribution in [-0.2, 0) is 22.6 Å². The van der Waals surface area contributed by atoms with Gasteiger partial charge in [0.1, 0.15) is 12.4 Å². The molecule has 3 aromatic rings. The molecule has 2 aliphatic heterocycles. The molecule has 1 saturated heterocycles. The molecule has 8 nitrogen and oxygen atoms in total. The highest BCUT2D eigenvalue weighted by atomic mass is 79.9. The molecule has 2 aromatic heterocycles. The molecule has 2 fully saturated rings. The van der Waals surface area contributed by atoms with Gasteiger partial charge in [-0.25, -0.2) is 0 Å². The third kappa shape index (κ3) is 4.74. The van der Waals surface area contributed by atoms with Crippen LogP contribution in [0.5, 0.6) is 5.75 Å². The van der Waals surface area contributed by atoms with Crippen molar-refractivity contribution in [3.8, 4) is 5.75 Å². The Kier molecular flexibility index (Phi) is 6.88. The van der Waals surface area contributed by atoms with E-state index < -0.39 is 0 Å². The van der Waals surface area contributed by atoms with Gasteiger partial charge in [0.15, 0.2) is 11.5 Å². The summed E-state index contributed by atoms with van der Waals surface area (Å²) in [7, 11) is 0. The van der Waals surface area contributed by atoms with E-state index in [0.717, 1.165) is 72.1 Å². The van der Waals surface area contributed by atoms with Crippen molar-refractivity contribution in [2.45, 2.75) is 64.0 Å². The Hall–Kier alpha value is -2.94. The molecule has 194 valence electrons. The van der Waals surface area contributed by atoms with Crippen molar-refractivity contribution in [2.75, 3.05) is 19.6 Å². The second-order valence-electron chi connectivity index (χ2n) is 10.3. The first-order chi connectivity index (χ1) is 18.1. The molecule has 1 atom stereocenters. The van der Waals surface area contributed by atoms with Gasteiger partial charge in [-0.1, -0.05) is 41.3 Å². The zero-order chi connectivity index (χ0) is 25.4. The number of hydrogen-bond donors (Lipinski definition) is 0. The molecule has 9 heteroatoms. The molecular weight excluding hydrogens is 534 g/mol. The van der Waals surface area contributed by atoms with Crippen molar-refractivity contribution in [2.24, 2.45) is 5.92 Å². The maximum atomic E-state index is 13.9. The molecule has 0 bridgehead atoms. The molecule has 0 spiro atoms. The predicted octanol–water partition coefficient (Wildman–Crippen LogP) is 4.70. The quantitative estimate of drug-likeness (QED) is 0.432. The minimum absolute atomic E-state index is 0.0750. The molecule has 6 rings (SSSR count). The number of benzene rings is 1. The zero-order valence-electron chi connectivity index (χ0n) is 20.9. The highest BCUT2D eigenvalue weighted by molar-refractivity contribution is 9.10. The van der Waals surface area contributed by atoms with E-state index in [1.165, 1.54) is 6.42 Å². The van der Waals surface area contributed by atoms with Gasteiger partial charge in [-0.05, 0) is 55.5 Å². The molecule has 1 aromatic carbocycles. The van der Waals surface area contributed by atoms with Crippen LogP contribution in [0.15, 0.2) is 41.0 Å². The lowest BCUT2D eigenvalue weighted by Crippen LogP contribution is -2.48. The fraction of sp³-hybridized carbons (Fsp3) is 0.500. The first-order valence-corrected chi connectivity index (χ1v) is 14.2. The lowest BCUT2D eigenvalue weighted by Gasteiger charge is -2.42. The van der Waals surface area contributed by atoms with Crippen LogP contribution in [0.3, 0.4) is 0 Å². The number of amides is 2. The van der Waals surface area contributed by atoms with Crippen molar-refractivity contribution >= 4 is 33.4 Å². The van der Waals surface area contributed by atoms with Crippen molar-refractivity contribution in [3.63, 3.8) is 0 Å². The van der Waals surface area contributed by atoms with Crippen molar-refractivity contribution in [1.29, 1.82) is 0 Å². The van der Waals surface area contributed by atoms with Crippen molar-refractivity contribution in [3.05, 3.63) is 58.0 Å². The maximum absolute atomic E-state index is 13.9. The average molecular weight is 566 g/mol. The van der Waals surface area contributed by atoms with Gasteiger partial charge in [0.05, 0.1) is 6.04 Å². The van der Waals surface area contributed by atoms with Gasteiger partial charge in [0.2, 0.25) is 11.8 Å². The normalized spacial score (nSPS) is 20.5. The molecule has 3 aliphatic rings. The van der Waals surface area contributed by atoms with Crippen molar-refractivity contribution in [1.82, 2.24) is 24.4 Å². The molecule has 0 N–H and O–H groups in total. The SMILES string of the molecule is O=C1CCCN1C[C@@H]1c2c(OCc3nnc4ccccn34)ccc(Br)c2CCN1C(=O)C1CCCCC1. The third-order valence-corrected chi connectivity index (χ3v) is 8.86. The number of nitrogens with zero attached hydrogens (tertiary/aromatic N) is 5. The fourth-order valence-corrected chi connectivity index (χ4v) is 6.72. The Morgan fingerprint density at radius 1 is 1.03 bits per heavy atom. The number of fused-ring (bicyclic) bond motifs is 2. The summed E-state index contributed by atoms with van der Waals surface area (Å²) in [6.07, 6.45) is 9.49. The summed E-state index contributed by atoms with van der Waals surface area (Å²) in [5, 5.41) is 8.56. The number of ether oxygens (including phenoxy) is 1. The summed E-state index contributed by atoms with van der Waals surface area (Å²) >= 11 is 3.76. The Morgan fingerprint density at radius 3 is 2.70 bits per heavy atom. The number of aromatic nitrogens is 3. The van der Waals surface area contributed by atoms with E-state index in [4.69, 9.17) is 4.74 Å². The molecular formula is C28H32BrN5O3. The zero-order valence-corrected chi connectivity index (χ0v) is 22.5. The lowest BCUT2D eigenvalue weighted by molar-refractivity contribution is -0.141. The average Bonchev–Trinajstić information content (AvgIpc) is 3.54. The first-order valence-electron chi connectivity index (χ1n) is 13.4. The van der Waals surface area contributed by atoms with E-state index in [0.29, 0.717) is 25.3 Å². The summed E-state index contributed by atoms with van der Waals surface area (Å²) in [6.45, 7) is 2.16. The van der Waals surface area contributed by atoms with E-state index in [2.05, 4.69) is 31.0 Å². The Bertz CT molecular complexity index is 1320. The summed E-state index contributed by atoms with van der Waals surface area (Å²) < 4.78 is 9.36. The van der Waals surface area contributed by atoms with E-state index in [1.807, 2.05) is 45.8 Å². The summed E-state index contributed by atoms with van der Waals surface area (Å²) in [6, 6.07) is 9.55. The van der Waals surface area contributed by atoms with Gasteiger partial charge in [-0.3, -0.25) is 14.0 Å². The van der Waals surface area contributed by atoms with Crippen LogP contribution >= 0.6 is 15.9 Å². The van der Waals surface area contributed by atoms with Crippen LogP contribution in [0.1, 0.15) is 67.9 Å². The summed E-state index contributed by atoms with van der Waals surface area (Å²) in [5.74, 6) is 1.93. The number of likely N-dealkylation sites (tertiary alicyclic amines) is 1. The Balaban J connectivity index is 1.35. The van der Waals surface area contributed by atoms with Crippen LogP contribution in [0.4, 0.5) is 0 Å². The van der Waals surface area contributed by atoms with Gasteiger partial charge in [0.25, 0.3) is 0 Å². The van der Waals surface area contributed by atoms with Crippen LogP contribution < -0.4 is 4.74 Å². The molecule has 1 saturated carbocycles. The number of hydrogen-bond acceptors (Lipinski definition) is 5. The smallest absolute Gasteiger partial charge is 0.226 e. The molecule has 2 amide bonds. The monoisotopic (exact) mass is 565 g/mol. The van der Waals surface area contributed by atoms with Gasteiger partial charge in [-0.15, -0.1) is 10.2 Å². The van der Waals surface area contributed by atoms with E-state index in [9.17, 15) is 9.59 Å². The van der Waals surface area contributed by atoms with E-state index in [1.54, 1.807) is 0 Å². The topological polar surface area (TPSA) is 80.0 Å². The summed E-state index contributed by atoms with van der Waals surface area (Å²) in [4.78, 5) is 30.5. The van der Waals surface area contributed by atoms with E-state index in [-0.39, 0.29) is 30.4 Å². The largest absolute Gasteiger partial charge is 0.485 e. The number of rotatable bonds is 6. The molecule has 0 unspecified atom stereocenters. The Morgan fingerprint density at radius 2 is 1.89 bits per heavy atom. The van der Waals surface area contributed by atoms with Crippen LogP contribution in [0.2, 0.25) is 0 Å². The minimum Gasteiger partial charge on any atom is -0.485 e. The van der Waals surface area contributed by atoms with Crippen LogP contribution in [0, 0.1) is 5.92 Å². The lowest BCUT2D eigenvalue weighted by atomic mass is 9.85. The third-order valence-electron chi connectivity index (χ3n) is 8.12. The molecule has 1 aliphatic carbocycles. The second-order valence-corrected chi connectivity index (χ2v) is 11.2. The molecule has 0 radical (unpaired) electrons. The van der Waals surface area contributed by atoms with Gasteiger partial charge in [-0.2, -0.15) is 0 Å². The standard InChI is InChI=1S/C28H32BrN5O3/c29-21-11-12-23(37-18-25-31-30-24-9-4-5-15-34(24)25)27-20(21)13-16-33(28(36)19-7-2-1-3-8-19)22(27)17-32-14-6-10-26(32)35/h4-5,9,11-12,15,19,22H,1-3,6-8,10,13-14,16-18H2/t22-/m1/s1. The second kappa shape index (κ2) is 10.4. The summed E-state index contributed by atoms with van der Waals surface area (Å²) in [5.41, 5.74) is 2.94. The van der Waals surface area contributed by atoms with Crippen LogP contribution in [-0.4, -0.2) is 55.8 Å². The van der Waals surface area contributed by atoms with Gasteiger partial charge < -0.3 is 14.5 Å². The predicted molar refractivity (Wildman–Crippen MR) is 142 cm³/mol. The van der Waals surface area contributed by atoms with Gasteiger partial charge in [0, 0.05) is 48.2 Å². The first kappa shape index (κ1) is 24.4. The molecule has 4 heterocycles. The highest BCUT2D eigenvalue weighted by Gasteiger charge is 2.39. The van der Waals surface area contributed by atoms with Crippen LogP contribution in [0.25, 0.3) is 5.65 Å². The van der Waals surface area contributed by atoms with E-state index >= 15 is 0 Å². The highest BCUT2D eigenvalue weighted by Crippen LogP contribution is 2.42. The number of pyridine rings is 1. The van der Waals surface area contributed by atoms with Crippen molar-refractivity contribution < 1.29 is 14.3 Å². The van der Waals surface area contributed by atoms with Gasteiger partial charge >= 0.3 is 0 Å². The molecule has 37 heavy (non-hydrogen) atoms. The fourth-order valence-electron chi connectivity index (χ4n) is 6.18. The minimum atomic E-state index is -0.233. The number of halogens is 1. The Labute approximate surface area is 225 Å². The number of carbonyl (C=O) groups excluding carboxylic acids is 2. The maximum Gasteiger partial charge on any atom is 0.226 e. The number of carbonyl (C=O) groups is 2.